The number of aromatic nitrogens is 2. The van der Waals surface area contributed by atoms with Gasteiger partial charge in [0, 0.05) is 24.1 Å². The van der Waals surface area contributed by atoms with Gasteiger partial charge in [-0.05, 0) is 39.4 Å². The van der Waals surface area contributed by atoms with E-state index in [0.29, 0.717) is 6.42 Å². The summed E-state index contributed by atoms with van der Waals surface area (Å²) in [5, 5.41) is 5.99. The molecule has 0 bridgehead atoms. The van der Waals surface area contributed by atoms with Crippen LogP contribution in [0.4, 0.5) is 0 Å². The van der Waals surface area contributed by atoms with Crippen LogP contribution in [0.5, 0.6) is 0 Å². The molecule has 0 radical (unpaired) electrons. The molecule has 0 unspecified atom stereocenters. The van der Waals surface area contributed by atoms with Crippen molar-refractivity contribution >= 4 is 33.0 Å². The highest BCUT2D eigenvalue weighted by Gasteiger charge is 2.11. The summed E-state index contributed by atoms with van der Waals surface area (Å²) in [5.74, 6) is 0.186. The van der Waals surface area contributed by atoms with Gasteiger partial charge >= 0.3 is 0 Å². The van der Waals surface area contributed by atoms with Gasteiger partial charge in [-0.3, -0.25) is 9.48 Å². The zero-order valence-electron chi connectivity index (χ0n) is 8.81. The second-order valence-corrected chi connectivity index (χ2v) is 5.31. The Morgan fingerprint density at radius 1 is 1.62 bits per heavy atom. The average molecular weight is 299 g/mol. The summed E-state index contributed by atoms with van der Waals surface area (Å²) in [6, 6.07) is 1.90. The maximum atomic E-state index is 11.9. The molecule has 0 fully saturated rings. The molecule has 0 aromatic carbocycles. The van der Waals surface area contributed by atoms with Gasteiger partial charge in [-0.2, -0.15) is 5.10 Å². The SMILES string of the molecule is Cn1cc(CCC(=O)c2sccc2Br)cn1. The van der Waals surface area contributed by atoms with Crippen LogP contribution < -0.4 is 0 Å². The zero-order chi connectivity index (χ0) is 11.5. The van der Waals surface area contributed by atoms with Crippen molar-refractivity contribution in [3.63, 3.8) is 0 Å². The lowest BCUT2D eigenvalue weighted by molar-refractivity contribution is 0.0986. The predicted octanol–water partition coefficient (Wildman–Crippen LogP) is 3.06. The minimum Gasteiger partial charge on any atom is -0.293 e. The first-order valence-corrected chi connectivity index (χ1v) is 6.58. The summed E-state index contributed by atoms with van der Waals surface area (Å²) in [4.78, 5) is 12.7. The first-order chi connectivity index (χ1) is 7.66. The molecule has 0 N–H and O–H groups in total. The number of aryl methyl sites for hydroxylation is 2. The lowest BCUT2D eigenvalue weighted by atomic mass is 10.1. The minimum absolute atomic E-state index is 0.186. The molecule has 2 aromatic heterocycles. The second-order valence-electron chi connectivity index (χ2n) is 3.54. The molecule has 0 aliphatic heterocycles. The van der Waals surface area contributed by atoms with Gasteiger partial charge in [0.05, 0.1) is 11.1 Å². The summed E-state index contributed by atoms with van der Waals surface area (Å²) in [6.07, 6.45) is 5.02. The Labute approximate surface area is 106 Å². The minimum atomic E-state index is 0.186. The largest absolute Gasteiger partial charge is 0.293 e. The molecule has 0 aliphatic carbocycles. The zero-order valence-corrected chi connectivity index (χ0v) is 11.2. The Hall–Kier alpha value is -0.940. The molecule has 5 heteroatoms. The van der Waals surface area contributed by atoms with Crippen molar-refractivity contribution in [3.8, 4) is 0 Å². The van der Waals surface area contributed by atoms with Crippen molar-refractivity contribution in [2.45, 2.75) is 12.8 Å². The van der Waals surface area contributed by atoms with E-state index in [-0.39, 0.29) is 5.78 Å². The van der Waals surface area contributed by atoms with Crippen molar-refractivity contribution in [1.82, 2.24) is 9.78 Å². The summed E-state index contributed by atoms with van der Waals surface area (Å²) in [6.45, 7) is 0. The molecular formula is C11H11BrN2OS. The molecule has 16 heavy (non-hydrogen) atoms. The van der Waals surface area contributed by atoms with Gasteiger partial charge in [0.2, 0.25) is 0 Å². The number of halogens is 1. The smallest absolute Gasteiger partial charge is 0.174 e. The van der Waals surface area contributed by atoms with E-state index in [2.05, 4.69) is 21.0 Å². The van der Waals surface area contributed by atoms with E-state index in [1.165, 1.54) is 11.3 Å². The van der Waals surface area contributed by atoms with Gasteiger partial charge in [-0.25, -0.2) is 0 Å². The van der Waals surface area contributed by atoms with Gasteiger partial charge in [0.15, 0.2) is 5.78 Å². The molecule has 2 aromatic rings. The normalized spacial score (nSPS) is 10.6. The Morgan fingerprint density at radius 3 is 3.00 bits per heavy atom. The molecule has 2 rings (SSSR count). The maximum absolute atomic E-state index is 11.9. The Balaban J connectivity index is 1.96. The highest BCUT2D eigenvalue weighted by molar-refractivity contribution is 9.10. The third-order valence-corrected chi connectivity index (χ3v) is 4.15. The van der Waals surface area contributed by atoms with Crippen LogP contribution in [0, 0.1) is 0 Å². The Bertz CT molecular complexity index is 504. The van der Waals surface area contributed by atoms with Crippen molar-refractivity contribution in [2.75, 3.05) is 0 Å². The molecular weight excluding hydrogens is 288 g/mol. The molecule has 3 nitrogen and oxygen atoms in total. The summed E-state index contributed by atoms with van der Waals surface area (Å²) in [5.41, 5.74) is 1.10. The molecule has 0 atom stereocenters. The summed E-state index contributed by atoms with van der Waals surface area (Å²) >= 11 is 4.85. The van der Waals surface area contributed by atoms with Crippen LogP contribution in [-0.2, 0) is 13.5 Å². The van der Waals surface area contributed by atoms with Crippen molar-refractivity contribution in [1.29, 1.82) is 0 Å². The van der Waals surface area contributed by atoms with Crippen LogP contribution in [0.25, 0.3) is 0 Å². The van der Waals surface area contributed by atoms with Crippen LogP contribution in [0.15, 0.2) is 28.3 Å². The number of rotatable bonds is 4. The van der Waals surface area contributed by atoms with E-state index in [4.69, 9.17) is 0 Å². The fourth-order valence-electron chi connectivity index (χ4n) is 1.47. The third-order valence-electron chi connectivity index (χ3n) is 2.27. The van der Waals surface area contributed by atoms with Crippen LogP contribution in [0.1, 0.15) is 21.7 Å². The summed E-state index contributed by atoms with van der Waals surface area (Å²) < 4.78 is 2.65. The van der Waals surface area contributed by atoms with E-state index in [0.717, 1.165) is 21.3 Å². The number of carbonyl (C=O) groups excluding carboxylic acids is 1. The van der Waals surface area contributed by atoms with Gasteiger partial charge in [-0.15, -0.1) is 11.3 Å². The number of carbonyl (C=O) groups is 1. The number of nitrogens with zero attached hydrogens (tertiary/aromatic N) is 2. The molecule has 0 amide bonds. The standard InChI is InChI=1S/C11H11BrN2OS/c1-14-7-8(6-13-14)2-3-10(15)11-9(12)4-5-16-11/h4-7H,2-3H2,1H3. The monoisotopic (exact) mass is 298 g/mol. The third kappa shape index (κ3) is 2.59. The highest BCUT2D eigenvalue weighted by atomic mass is 79.9. The van der Waals surface area contributed by atoms with Gasteiger partial charge in [-0.1, -0.05) is 0 Å². The number of thiophene rings is 1. The van der Waals surface area contributed by atoms with E-state index in [9.17, 15) is 4.79 Å². The number of ketones is 1. The molecule has 0 saturated heterocycles. The molecule has 0 saturated carbocycles. The van der Waals surface area contributed by atoms with E-state index < -0.39 is 0 Å². The van der Waals surface area contributed by atoms with Crippen molar-refractivity contribution < 1.29 is 4.79 Å². The molecule has 0 aliphatic rings. The summed E-state index contributed by atoms with van der Waals surface area (Å²) in [7, 11) is 1.88. The molecule has 84 valence electrons. The van der Waals surface area contributed by atoms with Gasteiger partial charge in [0.25, 0.3) is 0 Å². The molecule has 2 heterocycles. The highest BCUT2D eigenvalue weighted by Crippen LogP contribution is 2.24. The molecule has 0 spiro atoms. The van der Waals surface area contributed by atoms with Crippen LogP contribution in [0.2, 0.25) is 0 Å². The fourth-order valence-corrected chi connectivity index (χ4v) is 3.03. The van der Waals surface area contributed by atoms with Crippen LogP contribution in [-0.4, -0.2) is 15.6 Å². The lowest BCUT2D eigenvalue weighted by Crippen LogP contribution is -1.99. The van der Waals surface area contributed by atoms with E-state index in [1.807, 2.05) is 24.7 Å². The van der Waals surface area contributed by atoms with Gasteiger partial charge < -0.3 is 0 Å². The first-order valence-electron chi connectivity index (χ1n) is 4.90. The average Bonchev–Trinajstić information content (AvgIpc) is 2.84. The predicted molar refractivity (Wildman–Crippen MR) is 67.9 cm³/mol. The topological polar surface area (TPSA) is 34.9 Å². The van der Waals surface area contributed by atoms with Crippen LogP contribution in [0.3, 0.4) is 0 Å². The van der Waals surface area contributed by atoms with E-state index in [1.54, 1.807) is 10.9 Å². The Kier molecular flexibility index (Phi) is 3.56. The lowest BCUT2D eigenvalue weighted by Gasteiger charge is -1.97. The van der Waals surface area contributed by atoms with E-state index >= 15 is 0 Å². The van der Waals surface area contributed by atoms with Gasteiger partial charge in [0.1, 0.15) is 0 Å². The quantitative estimate of drug-likeness (QED) is 0.813. The maximum Gasteiger partial charge on any atom is 0.174 e. The second kappa shape index (κ2) is 4.93. The number of hydrogen-bond donors (Lipinski definition) is 0. The van der Waals surface area contributed by atoms with Crippen molar-refractivity contribution in [3.05, 3.63) is 38.8 Å². The number of hydrogen-bond acceptors (Lipinski definition) is 3. The first kappa shape index (κ1) is 11.5. The number of Topliss-reactive ketones (excluding diaryl/α,β-unsaturated/α-hetero) is 1. The van der Waals surface area contributed by atoms with Crippen molar-refractivity contribution in [2.24, 2.45) is 7.05 Å². The van der Waals surface area contributed by atoms with Crippen LogP contribution >= 0.6 is 27.3 Å². The fraction of sp³-hybridized carbons (Fsp3) is 0.273. The Morgan fingerprint density at radius 2 is 2.44 bits per heavy atom.